The summed E-state index contributed by atoms with van der Waals surface area (Å²) in [6, 6.07) is 7.40. The molecule has 1 aromatic rings. The van der Waals surface area contributed by atoms with E-state index in [1.165, 1.54) is 17.1 Å². The first kappa shape index (κ1) is 16.9. The third kappa shape index (κ3) is 3.94. The maximum Gasteiger partial charge on any atom is 0.243 e. The number of likely N-dealkylation sites (tertiary alicyclic amines) is 1. The molecule has 0 N–H and O–H groups in total. The molecule has 128 valence electrons. The second-order valence-electron chi connectivity index (χ2n) is 6.51. The van der Waals surface area contributed by atoms with Crippen LogP contribution in [-0.2, 0) is 21.3 Å². The van der Waals surface area contributed by atoms with Gasteiger partial charge in [0.15, 0.2) is 0 Å². The molecule has 0 aliphatic carbocycles. The predicted molar refractivity (Wildman–Crippen MR) is 89.7 cm³/mol. The molecule has 23 heavy (non-hydrogen) atoms. The summed E-state index contributed by atoms with van der Waals surface area (Å²) in [5, 5.41) is 0. The molecule has 3 rings (SSSR count). The van der Waals surface area contributed by atoms with Gasteiger partial charge in [-0.05, 0) is 30.0 Å². The first-order chi connectivity index (χ1) is 11.1. The fourth-order valence-electron chi connectivity index (χ4n) is 3.40. The summed E-state index contributed by atoms with van der Waals surface area (Å²) in [5.74, 6) is 0.820. The van der Waals surface area contributed by atoms with Crippen LogP contribution < -0.4 is 0 Å². The molecule has 2 heterocycles. The van der Waals surface area contributed by atoms with E-state index in [0.29, 0.717) is 31.2 Å². The zero-order chi connectivity index (χ0) is 16.3. The molecule has 0 amide bonds. The van der Waals surface area contributed by atoms with Crippen LogP contribution in [-0.4, -0.2) is 57.0 Å². The van der Waals surface area contributed by atoms with E-state index in [0.717, 1.165) is 31.1 Å². The number of rotatable bonds is 6. The van der Waals surface area contributed by atoms with Crippen LogP contribution in [0.1, 0.15) is 25.3 Å². The summed E-state index contributed by atoms with van der Waals surface area (Å²) in [6.07, 6.45) is 2.54. The first-order valence-corrected chi connectivity index (χ1v) is 9.93. The minimum Gasteiger partial charge on any atom is -0.379 e. The number of benzene rings is 1. The molecule has 0 radical (unpaired) electrons. The minimum atomic E-state index is -3.39. The molecule has 0 aromatic heterocycles. The van der Waals surface area contributed by atoms with Crippen LogP contribution in [0.2, 0.25) is 0 Å². The third-order valence-electron chi connectivity index (χ3n) is 4.64. The van der Waals surface area contributed by atoms with Crippen molar-refractivity contribution in [3.05, 3.63) is 29.8 Å². The van der Waals surface area contributed by atoms with Crippen LogP contribution >= 0.6 is 0 Å². The van der Waals surface area contributed by atoms with E-state index in [1.807, 2.05) is 18.2 Å². The summed E-state index contributed by atoms with van der Waals surface area (Å²) in [7, 11) is -3.39. The van der Waals surface area contributed by atoms with Crippen molar-refractivity contribution < 1.29 is 13.2 Å². The van der Waals surface area contributed by atoms with Gasteiger partial charge in [0.1, 0.15) is 0 Å². The SMILES string of the molecule is CCCC1CN(Cc2cccc(S(=O)(=O)N3CCOCC3)c2)C1. The van der Waals surface area contributed by atoms with Gasteiger partial charge >= 0.3 is 0 Å². The minimum absolute atomic E-state index is 0.405. The van der Waals surface area contributed by atoms with Crippen LogP contribution in [0.5, 0.6) is 0 Å². The van der Waals surface area contributed by atoms with E-state index in [4.69, 9.17) is 4.74 Å². The molecule has 2 aliphatic heterocycles. The van der Waals surface area contributed by atoms with Gasteiger partial charge in [0.05, 0.1) is 18.1 Å². The van der Waals surface area contributed by atoms with Gasteiger partial charge in [-0.2, -0.15) is 4.31 Å². The second kappa shape index (κ2) is 7.30. The highest BCUT2D eigenvalue weighted by molar-refractivity contribution is 7.89. The molecule has 6 heteroatoms. The highest BCUT2D eigenvalue weighted by Gasteiger charge is 2.28. The highest BCUT2D eigenvalue weighted by Crippen LogP contribution is 2.24. The third-order valence-corrected chi connectivity index (χ3v) is 6.54. The van der Waals surface area contributed by atoms with Gasteiger partial charge in [0.2, 0.25) is 10.0 Å². The van der Waals surface area contributed by atoms with Crippen molar-refractivity contribution in [2.24, 2.45) is 5.92 Å². The predicted octanol–water partition coefficient (Wildman–Crippen LogP) is 1.94. The van der Waals surface area contributed by atoms with E-state index in [9.17, 15) is 8.42 Å². The van der Waals surface area contributed by atoms with Gasteiger partial charge in [0, 0.05) is 32.7 Å². The van der Waals surface area contributed by atoms with Gasteiger partial charge in [-0.1, -0.05) is 25.5 Å². The number of nitrogens with zero attached hydrogens (tertiary/aromatic N) is 2. The lowest BCUT2D eigenvalue weighted by Gasteiger charge is -2.39. The largest absolute Gasteiger partial charge is 0.379 e. The lowest BCUT2D eigenvalue weighted by atomic mass is 9.94. The van der Waals surface area contributed by atoms with Crippen molar-refractivity contribution >= 4 is 10.0 Å². The maximum atomic E-state index is 12.7. The van der Waals surface area contributed by atoms with Crippen molar-refractivity contribution in [2.75, 3.05) is 39.4 Å². The lowest BCUT2D eigenvalue weighted by Crippen LogP contribution is -2.45. The van der Waals surface area contributed by atoms with Gasteiger partial charge in [-0.3, -0.25) is 4.90 Å². The Balaban J connectivity index is 1.65. The van der Waals surface area contributed by atoms with Gasteiger partial charge in [0.25, 0.3) is 0 Å². The molecule has 2 aliphatic rings. The summed E-state index contributed by atoms with van der Waals surface area (Å²) >= 11 is 0. The highest BCUT2D eigenvalue weighted by atomic mass is 32.2. The Morgan fingerprint density at radius 2 is 1.96 bits per heavy atom. The average Bonchev–Trinajstić information content (AvgIpc) is 2.54. The van der Waals surface area contributed by atoms with Crippen molar-refractivity contribution in [3.8, 4) is 0 Å². The van der Waals surface area contributed by atoms with E-state index in [2.05, 4.69) is 11.8 Å². The Hall–Kier alpha value is -0.950. The van der Waals surface area contributed by atoms with Crippen molar-refractivity contribution in [1.82, 2.24) is 9.21 Å². The van der Waals surface area contributed by atoms with E-state index < -0.39 is 10.0 Å². The molecule has 1 aromatic carbocycles. The maximum absolute atomic E-state index is 12.7. The number of sulfonamides is 1. The molecule has 0 bridgehead atoms. The zero-order valence-electron chi connectivity index (χ0n) is 13.8. The summed E-state index contributed by atoms with van der Waals surface area (Å²) in [6.45, 7) is 7.17. The number of ether oxygens (including phenoxy) is 1. The van der Waals surface area contributed by atoms with Gasteiger partial charge in [-0.25, -0.2) is 8.42 Å². The van der Waals surface area contributed by atoms with Crippen molar-refractivity contribution in [1.29, 1.82) is 0 Å². The van der Waals surface area contributed by atoms with Crippen LogP contribution in [0.25, 0.3) is 0 Å². The fourth-order valence-corrected chi connectivity index (χ4v) is 4.87. The molecule has 0 unspecified atom stereocenters. The number of morpholine rings is 1. The summed E-state index contributed by atoms with van der Waals surface area (Å²) in [5.41, 5.74) is 1.08. The molecule has 5 nitrogen and oxygen atoms in total. The van der Waals surface area contributed by atoms with Crippen LogP contribution in [0.15, 0.2) is 29.2 Å². The normalized spacial score (nSPS) is 21.3. The molecule has 0 saturated carbocycles. The Bertz CT molecular complexity index is 620. The number of hydrogen-bond acceptors (Lipinski definition) is 4. The Labute approximate surface area is 139 Å². The quantitative estimate of drug-likeness (QED) is 0.795. The van der Waals surface area contributed by atoms with Gasteiger partial charge in [-0.15, -0.1) is 0 Å². The molecule has 0 atom stereocenters. The first-order valence-electron chi connectivity index (χ1n) is 8.49. The smallest absolute Gasteiger partial charge is 0.243 e. The van der Waals surface area contributed by atoms with E-state index in [-0.39, 0.29) is 0 Å². The van der Waals surface area contributed by atoms with Crippen molar-refractivity contribution in [2.45, 2.75) is 31.2 Å². The molecular weight excluding hydrogens is 312 g/mol. The molecule has 0 spiro atoms. The van der Waals surface area contributed by atoms with Crippen LogP contribution in [0, 0.1) is 5.92 Å². The fraction of sp³-hybridized carbons (Fsp3) is 0.647. The van der Waals surface area contributed by atoms with Crippen LogP contribution in [0.3, 0.4) is 0 Å². The van der Waals surface area contributed by atoms with Gasteiger partial charge < -0.3 is 4.74 Å². The van der Waals surface area contributed by atoms with Crippen LogP contribution in [0.4, 0.5) is 0 Å². The molecule has 2 fully saturated rings. The van der Waals surface area contributed by atoms with E-state index >= 15 is 0 Å². The lowest BCUT2D eigenvalue weighted by molar-refractivity contribution is 0.0730. The summed E-state index contributed by atoms with van der Waals surface area (Å²) in [4.78, 5) is 2.79. The van der Waals surface area contributed by atoms with Crippen molar-refractivity contribution in [3.63, 3.8) is 0 Å². The topological polar surface area (TPSA) is 49.9 Å². The molecule has 2 saturated heterocycles. The van der Waals surface area contributed by atoms with E-state index in [1.54, 1.807) is 6.07 Å². The Kier molecular flexibility index (Phi) is 5.36. The zero-order valence-corrected chi connectivity index (χ0v) is 14.6. The standard InChI is InChI=1S/C17H26N2O3S/c1-2-4-16-13-18(14-16)12-15-5-3-6-17(11-15)23(20,21)19-7-9-22-10-8-19/h3,5-6,11,16H,2,4,7-10,12-14H2,1H3. The summed E-state index contributed by atoms with van der Waals surface area (Å²) < 4.78 is 32.2. The second-order valence-corrected chi connectivity index (χ2v) is 8.45. The monoisotopic (exact) mass is 338 g/mol. The Morgan fingerprint density at radius 1 is 1.22 bits per heavy atom. The average molecular weight is 338 g/mol. The number of hydrogen-bond donors (Lipinski definition) is 0. The Morgan fingerprint density at radius 3 is 2.65 bits per heavy atom. The molecular formula is C17H26N2O3S.